The molecule has 1 aliphatic heterocycles. The number of rotatable bonds is 7. The van der Waals surface area contributed by atoms with Crippen LogP contribution in [0.1, 0.15) is 45.7 Å². The fourth-order valence-corrected chi connectivity index (χ4v) is 5.30. The molecule has 0 spiro atoms. The Hall–Kier alpha value is -2.69. The first-order valence-corrected chi connectivity index (χ1v) is 11.3. The molecule has 3 aromatic carbocycles. The smallest absolute Gasteiger partial charge is 0.206 e. The normalized spacial score (nSPS) is 20.0. The van der Waals surface area contributed by atoms with Crippen molar-refractivity contribution < 1.29 is 14.3 Å². The average molecular weight is 417 g/mol. The molecule has 2 unspecified atom stereocenters. The zero-order chi connectivity index (χ0) is 21.0. The van der Waals surface area contributed by atoms with E-state index in [0.29, 0.717) is 17.5 Å². The highest BCUT2D eigenvalue weighted by Crippen LogP contribution is 2.48. The van der Waals surface area contributed by atoms with Crippen molar-refractivity contribution in [3.05, 3.63) is 108 Å². The van der Waals surface area contributed by atoms with Crippen molar-refractivity contribution in [3.8, 4) is 0 Å². The van der Waals surface area contributed by atoms with E-state index in [1.165, 1.54) is 0 Å². The van der Waals surface area contributed by atoms with Gasteiger partial charge in [0.25, 0.3) is 0 Å². The van der Waals surface area contributed by atoms with Gasteiger partial charge in [0.05, 0.1) is 11.4 Å². The van der Waals surface area contributed by atoms with Gasteiger partial charge in [0.15, 0.2) is 0 Å². The van der Waals surface area contributed by atoms with Gasteiger partial charge in [0, 0.05) is 11.1 Å². The van der Waals surface area contributed by atoms with Gasteiger partial charge in [-0.25, -0.2) is 0 Å². The molecule has 2 atom stereocenters. The van der Waals surface area contributed by atoms with E-state index in [1.807, 2.05) is 73.7 Å². The lowest BCUT2D eigenvalue weighted by Crippen LogP contribution is -2.53. The molecule has 0 aromatic heterocycles. The molecule has 0 radical (unpaired) electrons. The third-order valence-corrected chi connectivity index (χ3v) is 6.76. The van der Waals surface area contributed by atoms with Crippen LogP contribution in [0.2, 0.25) is 0 Å². The maximum absolute atomic E-state index is 13.9. The Bertz CT molecular complexity index is 951. The van der Waals surface area contributed by atoms with Crippen molar-refractivity contribution in [3.63, 3.8) is 0 Å². The van der Waals surface area contributed by atoms with Gasteiger partial charge in [-0.05, 0) is 17.7 Å². The number of benzene rings is 3. The highest BCUT2D eigenvalue weighted by atomic mass is 32.2. The molecular formula is C26H24O3S. The fraction of sp³-hybridized carbons (Fsp3) is 0.231. The van der Waals surface area contributed by atoms with E-state index >= 15 is 0 Å². The molecule has 0 amide bonds. The minimum atomic E-state index is -1.55. The molecule has 30 heavy (non-hydrogen) atoms. The predicted octanol–water partition coefficient (Wildman–Crippen LogP) is 5.77. The van der Waals surface area contributed by atoms with Gasteiger partial charge in [-0.15, -0.1) is 0 Å². The molecule has 3 aromatic rings. The zero-order valence-electron chi connectivity index (χ0n) is 16.9. The van der Waals surface area contributed by atoms with Crippen LogP contribution in [0.3, 0.4) is 0 Å². The average Bonchev–Trinajstić information content (AvgIpc) is 3.20. The Labute approximate surface area is 181 Å². The second-order valence-corrected chi connectivity index (χ2v) is 8.80. The van der Waals surface area contributed by atoms with Gasteiger partial charge in [-0.2, -0.15) is 11.8 Å². The van der Waals surface area contributed by atoms with Crippen LogP contribution in [0.5, 0.6) is 0 Å². The first kappa shape index (κ1) is 20.6. The van der Waals surface area contributed by atoms with E-state index in [1.54, 1.807) is 36.0 Å². The van der Waals surface area contributed by atoms with Crippen molar-refractivity contribution in [2.75, 3.05) is 5.75 Å². The number of hydrogen-bond acceptors (Lipinski definition) is 4. The molecule has 4 rings (SSSR count). The molecule has 0 N–H and O–H groups in total. The fourth-order valence-electron chi connectivity index (χ4n) is 4.08. The van der Waals surface area contributed by atoms with E-state index in [2.05, 4.69) is 0 Å². The minimum Gasteiger partial charge on any atom is -0.349 e. The van der Waals surface area contributed by atoms with Crippen molar-refractivity contribution in [1.82, 2.24) is 0 Å². The molecule has 0 saturated carbocycles. The SMILES string of the molecule is CCSC1CC(c2ccccc2)OC1(C(=O)c1ccccc1)C(=O)c1ccccc1. The molecule has 1 heterocycles. The summed E-state index contributed by atoms with van der Waals surface area (Å²) >= 11 is 1.62. The Balaban J connectivity index is 1.84. The summed E-state index contributed by atoms with van der Waals surface area (Å²) in [4.78, 5) is 27.8. The molecule has 1 aliphatic rings. The van der Waals surface area contributed by atoms with Crippen LogP contribution in [0.15, 0.2) is 91.0 Å². The Morgan fingerprint density at radius 3 is 1.77 bits per heavy atom. The zero-order valence-corrected chi connectivity index (χ0v) is 17.7. The summed E-state index contributed by atoms with van der Waals surface area (Å²) in [5, 5.41) is -0.270. The maximum atomic E-state index is 13.9. The maximum Gasteiger partial charge on any atom is 0.206 e. The predicted molar refractivity (Wildman–Crippen MR) is 121 cm³/mol. The number of ether oxygens (including phenoxy) is 1. The summed E-state index contributed by atoms with van der Waals surface area (Å²) in [6, 6.07) is 27.9. The molecule has 4 heteroatoms. The van der Waals surface area contributed by atoms with Crippen LogP contribution >= 0.6 is 11.8 Å². The van der Waals surface area contributed by atoms with Gasteiger partial charge in [0.2, 0.25) is 17.2 Å². The summed E-state index contributed by atoms with van der Waals surface area (Å²) in [5.41, 5.74) is 0.432. The third-order valence-electron chi connectivity index (χ3n) is 5.50. The van der Waals surface area contributed by atoms with E-state index in [9.17, 15) is 9.59 Å². The van der Waals surface area contributed by atoms with Crippen LogP contribution in [-0.2, 0) is 4.74 Å². The van der Waals surface area contributed by atoms with Crippen molar-refractivity contribution in [1.29, 1.82) is 0 Å². The molecular weight excluding hydrogens is 392 g/mol. The van der Waals surface area contributed by atoms with Crippen LogP contribution in [0, 0.1) is 0 Å². The summed E-state index contributed by atoms with van der Waals surface area (Å²) in [6.45, 7) is 2.05. The second kappa shape index (κ2) is 8.99. The Morgan fingerprint density at radius 2 is 1.30 bits per heavy atom. The Kier molecular flexibility index (Phi) is 6.16. The number of thioether (sulfide) groups is 1. The second-order valence-electron chi connectivity index (χ2n) is 7.32. The van der Waals surface area contributed by atoms with Gasteiger partial charge < -0.3 is 4.74 Å². The number of ketones is 2. The lowest BCUT2D eigenvalue weighted by Gasteiger charge is -2.31. The van der Waals surface area contributed by atoms with Crippen molar-refractivity contribution in [2.45, 2.75) is 30.3 Å². The van der Waals surface area contributed by atoms with Gasteiger partial charge in [-0.3, -0.25) is 9.59 Å². The van der Waals surface area contributed by atoms with Gasteiger partial charge >= 0.3 is 0 Å². The van der Waals surface area contributed by atoms with E-state index in [0.717, 1.165) is 11.3 Å². The highest BCUT2D eigenvalue weighted by molar-refractivity contribution is 8.00. The number of carbonyl (C=O) groups excluding carboxylic acids is 2. The van der Waals surface area contributed by atoms with Gasteiger partial charge in [-0.1, -0.05) is 97.9 Å². The standard InChI is InChI=1S/C26H24O3S/c1-2-30-23-18-22(19-12-6-3-7-13-19)29-26(23,24(27)20-14-8-4-9-15-20)25(28)21-16-10-5-11-17-21/h3-17,22-23H,2,18H2,1H3. The van der Waals surface area contributed by atoms with E-state index < -0.39 is 5.60 Å². The topological polar surface area (TPSA) is 43.4 Å². The largest absolute Gasteiger partial charge is 0.349 e. The molecule has 0 aliphatic carbocycles. The molecule has 3 nitrogen and oxygen atoms in total. The van der Waals surface area contributed by atoms with Crippen molar-refractivity contribution >= 4 is 23.3 Å². The van der Waals surface area contributed by atoms with E-state index in [4.69, 9.17) is 4.74 Å². The van der Waals surface area contributed by atoms with Crippen molar-refractivity contribution in [2.24, 2.45) is 0 Å². The van der Waals surface area contributed by atoms with Crippen LogP contribution < -0.4 is 0 Å². The first-order chi connectivity index (χ1) is 14.7. The number of carbonyl (C=O) groups is 2. The van der Waals surface area contributed by atoms with Crippen LogP contribution in [-0.4, -0.2) is 28.2 Å². The summed E-state index contributed by atoms with van der Waals surface area (Å²) in [6.07, 6.45) is 0.301. The molecule has 152 valence electrons. The minimum absolute atomic E-state index is 0.263. The molecule has 0 bridgehead atoms. The van der Waals surface area contributed by atoms with Gasteiger partial charge in [0.1, 0.15) is 0 Å². The van der Waals surface area contributed by atoms with E-state index in [-0.39, 0.29) is 22.9 Å². The molecule has 1 fully saturated rings. The Morgan fingerprint density at radius 1 is 0.833 bits per heavy atom. The number of hydrogen-bond donors (Lipinski definition) is 0. The third kappa shape index (κ3) is 3.73. The monoisotopic (exact) mass is 416 g/mol. The quantitative estimate of drug-likeness (QED) is 0.362. The van der Waals surface area contributed by atoms with Crippen LogP contribution in [0.25, 0.3) is 0 Å². The number of Topliss-reactive ketones (excluding diaryl/α,β-unsaturated/α-hetero) is 2. The highest BCUT2D eigenvalue weighted by Gasteiger charge is 2.59. The summed E-state index contributed by atoms with van der Waals surface area (Å²) in [5.74, 6) is 0.268. The summed E-state index contributed by atoms with van der Waals surface area (Å²) in [7, 11) is 0. The molecule has 1 saturated heterocycles. The lowest BCUT2D eigenvalue weighted by molar-refractivity contribution is -0.0121. The first-order valence-electron chi connectivity index (χ1n) is 10.2. The van der Waals surface area contributed by atoms with Crippen LogP contribution in [0.4, 0.5) is 0 Å². The lowest BCUT2D eigenvalue weighted by atomic mass is 9.82. The summed E-state index contributed by atoms with van der Waals surface area (Å²) < 4.78 is 6.51.